The fraction of sp³-hybridized carbons (Fsp3) is 0.304. The number of nitrogens with zero attached hydrogens (tertiary/aromatic N) is 4. The van der Waals surface area contributed by atoms with Crippen LogP contribution in [0.4, 0.5) is 5.69 Å². The molecule has 3 aromatic rings. The van der Waals surface area contributed by atoms with Crippen molar-refractivity contribution < 1.29 is 14.4 Å². The highest BCUT2D eigenvalue weighted by Gasteiger charge is 2.30. The maximum absolute atomic E-state index is 12.9. The third kappa shape index (κ3) is 5.78. The van der Waals surface area contributed by atoms with Gasteiger partial charge in [0.1, 0.15) is 0 Å². The molecule has 0 aliphatic carbocycles. The average Bonchev–Trinajstić information content (AvgIpc) is 3.35. The van der Waals surface area contributed by atoms with E-state index in [0.29, 0.717) is 31.7 Å². The summed E-state index contributed by atoms with van der Waals surface area (Å²) in [4.78, 5) is 43.7. The van der Waals surface area contributed by atoms with Gasteiger partial charge in [0.05, 0.1) is 5.92 Å². The van der Waals surface area contributed by atoms with Gasteiger partial charge in [0.25, 0.3) is 11.8 Å². The van der Waals surface area contributed by atoms with Crippen LogP contribution in [-0.4, -0.2) is 50.9 Å². The first-order valence-electron chi connectivity index (χ1n) is 10.7. The second kappa shape index (κ2) is 10.3. The summed E-state index contributed by atoms with van der Waals surface area (Å²) >= 11 is 0.949. The van der Waals surface area contributed by atoms with Crippen molar-refractivity contribution in [3.63, 3.8) is 0 Å². The Bertz CT molecular complexity index is 1130. The van der Waals surface area contributed by atoms with E-state index in [-0.39, 0.29) is 27.7 Å². The number of carbonyl (C=O) groups excluding carboxylic acids is 3. The van der Waals surface area contributed by atoms with Gasteiger partial charge in [-0.05, 0) is 43.5 Å². The zero-order valence-corrected chi connectivity index (χ0v) is 19.0. The summed E-state index contributed by atoms with van der Waals surface area (Å²) in [6, 6.07) is 11.1. The van der Waals surface area contributed by atoms with Crippen molar-refractivity contribution >= 4 is 34.7 Å². The normalized spacial score (nSPS) is 15.7. The molecule has 1 fully saturated rings. The molecule has 10 heteroatoms. The van der Waals surface area contributed by atoms with E-state index in [2.05, 4.69) is 25.8 Å². The van der Waals surface area contributed by atoms with Crippen molar-refractivity contribution in [2.45, 2.75) is 26.3 Å². The van der Waals surface area contributed by atoms with Crippen LogP contribution in [0.1, 0.15) is 43.6 Å². The first-order valence-corrected chi connectivity index (χ1v) is 11.5. The molecule has 3 amide bonds. The Labute approximate surface area is 195 Å². The van der Waals surface area contributed by atoms with Crippen molar-refractivity contribution in [2.24, 2.45) is 5.92 Å². The van der Waals surface area contributed by atoms with Gasteiger partial charge in [0, 0.05) is 37.7 Å². The lowest BCUT2D eigenvalue weighted by atomic mass is 9.97. The highest BCUT2D eigenvalue weighted by Crippen LogP contribution is 2.21. The molecule has 1 aliphatic heterocycles. The van der Waals surface area contributed by atoms with E-state index in [1.54, 1.807) is 29.4 Å². The Morgan fingerprint density at radius 3 is 2.67 bits per heavy atom. The topological polar surface area (TPSA) is 117 Å². The Balaban J connectivity index is 1.33. The molecule has 1 atom stereocenters. The molecule has 3 heterocycles. The molecule has 1 aliphatic rings. The molecule has 2 N–H and O–H groups in total. The number of hydrogen-bond acceptors (Lipinski definition) is 7. The van der Waals surface area contributed by atoms with E-state index in [4.69, 9.17) is 0 Å². The second-order valence-corrected chi connectivity index (χ2v) is 8.88. The fourth-order valence-corrected chi connectivity index (χ4v) is 4.28. The lowest BCUT2D eigenvalue weighted by Gasteiger charge is -2.31. The first kappa shape index (κ1) is 22.5. The highest BCUT2D eigenvalue weighted by atomic mass is 32.1. The number of likely N-dealkylation sites (tertiary alicyclic amines) is 1. The molecule has 2 aromatic heterocycles. The van der Waals surface area contributed by atoms with Gasteiger partial charge in [-0.1, -0.05) is 35.1 Å². The minimum atomic E-state index is -0.415. The number of carbonyl (C=O) groups is 3. The lowest BCUT2D eigenvalue weighted by molar-refractivity contribution is -0.126. The van der Waals surface area contributed by atoms with E-state index < -0.39 is 5.91 Å². The number of aromatic nitrogens is 3. The second-order valence-electron chi connectivity index (χ2n) is 7.90. The molecule has 170 valence electrons. The number of anilines is 1. The predicted molar refractivity (Wildman–Crippen MR) is 124 cm³/mol. The van der Waals surface area contributed by atoms with Gasteiger partial charge in [-0.25, -0.2) is 0 Å². The van der Waals surface area contributed by atoms with E-state index in [9.17, 15) is 14.4 Å². The number of hydrogen-bond donors (Lipinski definition) is 2. The van der Waals surface area contributed by atoms with Crippen LogP contribution >= 0.6 is 11.3 Å². The minimum Gasteiger partial charge on any atom is -0.352 e. The van der Waals surface area contributed by atoms with Crippen LogP contribution < -0.4 is 10.6 Å². The van der Waals surface area contributed by atoms with Gasteiger partial charge >= 0.3 is 0 Å². The molecule has 4 rings (SSSR count). The van der Waals surface area contributed by atoms with Crippen LogP contribution in [0.15, 0.2) is 48.8 Å². The van der Waals surface area contributed by atoms with Crippen LogP contribution in [0.2, 0.25) is 0 Å². The van der Waals surface area contributed by atoms with Gasteiger partial charge in [0.2, 0.25) is 15.9 Å². The minimum absolute atomic E-state index is 0.0909. The summed E-state index contributed by atoms with van der Waals surface area (Å²) in [5, 5.41) is 13.7. The van der Waals surface area contributed by atoms with E-state index in [0.717, 1.165) is 28.9 Å². The van der Waals surface area contributed by atoms with Crippen LogP contribution in [0, 0.1) is 12.8 Å². The van der Waals surface area contributed by atoms with Crippen molar-refractivity contribution in [1.82, 2.24) is 25.4 Å². The maximum Gasteiger partial charge on any atom is 0.286 e. The molecule has 0 bridgehead atoms. The summed E-state index contributed by atoms with van der Waals surface area (Å²) in [5.41, 5.74) is 2.65. The SMILES string of the molecule is Cc1ccc(NC(=O)c2nnc(C(=O)N3CCC[C@@H](C(=O)NCc4cccnc4)C3)s2)cc1. The molecular weight excluding hydrogens is 440 g/mol. The van der Waals surface area contributed by atoms with Crippen LogP contribution in [0.25, 0.3) is 0 Å². The molecule has 0 saturated carbocycles. The third-order valence-electron chi connectivity index (χ3n) is 5.38. The van der Waals surface area contributed by atoms with E-state index in [1.165, 1.54) is 0 Å². The van der Waals surface area contributed by atoms with Gasteiger partial charge in [0.15, 0.2) is 0 Å². The Morgan fingerprint density at radius 1 is 1.12 bits per heavy atom. The van der Waals surface area contributed by atoms with E-state index in [1.807, 2.05) is 31.2 Å². The quantitative estimate of drug-likeness (QED) is 0.579. The smallest absolute Gasteiger partial charge is 0.286 e. The average molecular weight is 465 g/mol. The molecular formula is C23H24N6O3S. The number of aryl methyl sites for hydroxylation is 1. The van der Waals surface area contributed by atoms with Gasteiger partial charge in [-0.2, -0.15) is 0 Å². The van der Waals surface area contributed by atoms with Gasteiger partial charge in [-0.3, -0.25) is 19.4 Å². The van der Waals surface area contributed by atoms with E-state index >= 15 is 0 Å². The largest absolute Gasteiger partial charge is 0.352 e. The van der Waals surface area contributed by atoms with Crippen molar-refractivity contribution in [3.8, 4) is 0 Å². The lowest BCUT2D eigenvalue weighted by Crippen LogP contribution is -2.45. The van der Waals surface area contributed by atoms with Gasteiger partial charge in [-0.15, -0.1) is 10.2 Å². The summed E-state index contributed by atoms with van der Waals surface area (Å²) < 4.78 is 0. The maximum atomic E-state index is 12.9. The van der Waals surface area contributed by atoms with Crippen molar-refractivity contribution in [1.29, 1.82) is 0 Å². The number of nitrogens with one attached hydrogen (secondary N) is 2. The monoisotopic (exact) mass is 464 g/mol. The summed E-state index contributed by atoms with van der Waals surface area (Å²) in [6.45, 7) is 3.20. The summed E-state index contributed by atoms with van der Waals surface area (Å²) in [5.74, 6) is -1.11. The molecule has 9 nitrogen and oxygen atoms in total. The summed E-state index contributed by atoms with van der Waals surface area (Å²) in [6.07, 6.45) is 4.82. The number of pyridine rings is 1. The summed E-state index contributed by atoms with van der Waals surface area (Å²) in [7, 11) is 0. The highest BCUT2D eigenvalue weighted by molar-refractivity contribution is 7.15. The first-order chi connectivity index (χ1) is 16.0. The van der Waals surface area contributed by atoms with Crippen molar-refractivity contribution in [2.75, 3.05) is 18.4 Å². The predicted octanol–water partition coefficient (Wildman–Crippen LogP) is 2.66. The Kier molecular flexibility index (Phi) is 7.04. The van der Waals surface area contributed by atoms with Gasteiger partial charge < -0.3 is 15.5 Å². The van der Waals surface area contributed by atoms with Crippen LogP contribution in [0.3, 0.4) is 0 Å². The number of amides is 3. The third-order valence-corrected chi connectivity index (χ3v) is 6.29. The van der Waals surface area contributed by atoms with Crippen LogP contribution in [0.5, 0.6) is 0 Å². The molecule has 0 unspecified atom stereocenters. The Morgan fingerprint density at radius 2 is 1.91 bits per heavy atom. The molecule has 0 spiro atoms. The number of rotatable bonds is 6. The standard InChI is InChI=1S/C23H24N6O3S/c1-15-6-8-18(9-7-15)26-20(31)21-27-28-22(33-21)23(32)29-11-3-5-17(14-29)19(30)25-13-16-4-2-10-24-12-16/h2,4,6-10,12,17H,3,5,11,13-14H2,1H3,(H,25,30)(H,26,31)/t17-/m1/s1. The molecule has 1 aromatic carbocycles. The zero-order valence-electron chi connectivity index (χ0n) is 18.2. The fourth-order valence-electron chi connectivity index (χ4n) is 3.57. The van der Waals surface area contributed by atoms with Crippen LogP contribution in [-0.2, 0) is 11.3 Å². The number of benzene rings is 1. The zero-order chi connectivity index (χ0) is 23.2. The van der Waals surface area contributed by atoms with Crippen molar-refractivity contribution in [3.05, 3.63) is 69.9 Å². The Hall–Kier alpha value is -3.66. The molecule has 33 heavy (non-hydrogen) atoms. The molecule has 0 radical (unpaired) electrons. The number of piperidine rings is 1. The molecule has 1 saturated heterocycles.